The minimum absolute atomic E-state index is 1.00. The van der Waals surface area contributed by atoms with Crippen LogP contribution in [0.1, 0.15) is 18.1 Å². The fourth-order valence-corrected chi connectivity index (χ4v) is 2.56. The van der Waals surface area contributed by atoms with Gasteiger partial charge in [-0.15, -0.1) is 11.8 Å². The molecule has 0 aliphatic heterocycles. The number of hydrogen-bond donors (Lipinski definition) is 1. The molecule has 0 atom stereocenters. The van der Waals surface area contributed by atoms with Crippen LogP contribution in [-0.2, 0) is 6.42 Å². The fraction of sp³-hybridized carbons (Fsp3) is 0.250. The molecule has 0 bridgehead atoms. The first-order chi connectivity index (χ1) is 8.81. The minimum Gasteiger partial charge on any atom is -0.388 e. The molecule has 94 valence electrons. The van der Waals surface area contributed by atoms with Gasteiger partial charge in [-0.2, -0.15) is 0 Å². The van der Waals surface area contributed by atoms with Crippen LogP contribution in [0.15, 0.2) is 53.4 Å². The van der Waals surface area contributed by atoms with Crippen LogP contribution in [0.25, 0.3) is 0 Å². The zero-order valence-corrected chi connectivity index (χ0v) is 11.8. The molecule has 0 aliphatic carbocycles. The molecule has 18 heavy (non-hydrogen) atoms. The van der Waals surface area contributed by atoms with Crippen molar-refractivity contribution in [2.75, 3.05) is 18.1 Å². The van der Waals surface area contributed by atoms with E-state index in [-0.39, 0.29) is 0 Å². The Kier molecular flexibility index (Phi) is 4.71. The number of nitrogens with one attached hydrogen (secondary N) is 1. The topological polar surface area (TPSA) is 12.0 Å². The van der Waals surface area contributed by atoms with Gasteiger partial charge in [0.25, 0.3) is 0 Å². The van der Waals surface area contributed by atoms with Crippen molar-refractivity contribution in [1.29, 1.82) is 0 Å². The number of thioether (sulfide) groups is 1. The second-order valence-corrected chi connectivity index (χ2v) is 5.54. The van der Waals surface area contributed by atoms with Crippen molar-refractivity contribution in [2.45, 2.75) is 18.2 Å². The largest absolute Gasteiger partial charge is 0.388 e. The molecule has 2 rings (SSSR count). The van der Waals surface area contributed by atoms with Gasteiger partial charge in [-0.05, 0) is 47.6 Å². The Morgan fingerprint density at radius 1 is 0.889 bits per heavy atom. The normalized spacial score (nSPS) is 10.3. The summed E-state index contributed by atoms with van der Waals surface area (Å²) in [5.41, 5.74) is 3.88. The molecule has 0 aliphatic rings. The summed E-state index contributed by atoms with van der Waals surface area (Å²) in [6, 6.07) is 17.5. The molecular weight excluding hydrogens is 238 g/mol. The Hall–Kier alpha value is -1.41. The van der Waals surface area contributed by atoms with Crippen LogP contribution in [0.5, 0.6) is 0 Å². The van der Waals surface area contributed by atoms with Crippen molar-refractivity contribution in [2.24, 2.45) is 0 Å². The standard InChI is InChI=1S/C16H19NS/c1-3-18-16-10-6-14(7-11-16)12-13-4-8-15(17-2)9-5-13/h4-11,17H,3,12H2,1-2H3. The van der Waals surface area contributed by atoms with E-state index in [9.17, 15) is 0 Å². The molecule has 2 heteroatoms. The monoisotopic (exact) mass is 257 g/mol. The smallest absolute Gasteiger partial charge is 0.0337 e. The van der Waals surface area contributed by atoms with Gasteiger partial charge in [-0.1, -0.05) is 31.2 Å². The molecule has 0 saturated heterocycles. The third-order valence-electron chi connectivity index (χ3n) is 2.89. The third kappa shape index (κ3) is 3.54. The lowest BCUT2D eigenvalue weighted by Gasteiger charge is -2.05. The second-order valence-electron chi connectivity index (χ2n) is 4.20. The van der Waals surface area contributed by atoms with Gasteiger partial charge in [0, 0.05) is 17.6 Å². The van der Waals surface area contributed by atoms with Crippen LogP contribution in [0.3, 0.4) is 0 Å². The summed E-state index contributed by atoms with van der Waals surface area (Å²) in [5, 5.41) is 3.14. The van der Waals surface area contributed by atoms with Crippen LogP contribution in [-0.4, -0.2) is 12.8 Å². The highest BCUT2D eigenvalue weighted by Gasteiger charge is 1.98. The lowest BCUT2D eigenvalue weighted by atomic mass is 10.0. The second kappa shape index (κ2) is 6.50. The van der Waals surface area contributed by atoms with E-state index in [0.29, 0.717) is 0 Å². The van der Waals surface area contributed by atoms with E-state index in [1.807, 2.05) is 18.8 Å². The Balaban J connectivity index is 2.03. The Labute approximate surface area is 114 Å². The molecule has 0 spiro atoms. The van der Waals surface area contributed by atoms with Crippen molar-refractivity contribution in [3.8, 4) is 0 Å². The van der Waals surface area contributed by atoms with E-state index in [1.54, 1.807) is 0 Å². The van der Waals surface area contributed by atoms with Crippen LogP contribution in [0.2, 0.25) is 0 Å². The lowest BCUT2D eigenvalue weighted by molar-refractivity contribution is 1.18. The minimum atomic E-state index is 1.00. The van der Waals surface area contributed by atoms with Gasteiger partial charge < -0.3 is 5.32 Å². The summed E-state index contributed by atoms with van der Waals surface area (Å²) < 4.78 is 0. The van der Waals surface area contributed by atoms with Gasteiger partial charge in [-0.25, -0.2) is 0 Å². The first kappa shape index (κ1) is 13.0. The number of anilines is 1. The van der Waals surface area contributed by atoms with Crippen molar-refractivity contribution < 1.29 is 0 Å². The van der Waals surface area contributed by atoms with Gasteiger partial charge in [0.1, 0.15) is 0 Å². The van der Waals surface area contributed by atoms with Crippen molar-refractivity contribution in [1.82, 2.24) is 0 Å². The maximum absolute atomic E-state index is 3.14. The summed E-state index contributed by atoms with van der Waals surface area (Å²) in [4.78, 5) is 1.35. The molecule has 1 nitrogen and oxygen atoms in total. The Morgan fingerprint density at radius 3 is 1.94 bits per heavy atom. The Morgan fingerprint density at radius 2 is 1.44 bits per heavy atom. The van der Waals surface area contributed by atoms with Crippen molar-refractivity contribution in [3.63, 3.8) is 0 Å². The molecule has 0 aromatic heterocycles. The first-order valence-corrected chi connectivity index (χ1v) is 7.29. The zero-order valence-electron chi connectivity index (χ0n) is 10.9. The zero-order chi connectivity index (χ0) is 12.8. The van der Waals surface area contributed by atoms with E-state index in [0.717, 1.165) is 17.9 Å². The van der Waals surface area contributed by atoms with Crippen molar-refractivity contribution in [3.05, 3.63) is 59.7 Å². The molecule has 0 radical (unpaired) electrons. The van der Waals surface area contributed by atoms with Crippen molar-refractivity contribution >= 4 is 17.4 Å². The first-order valence-electron chi connectivity index (χ1n) is 6.30. The molecule has 0 unspecified atom stereocenters. The van der Waals surface area contributed by atoms with Gasteiger partial charge in [0.05, 0.1) is 0 Å². The summed E-state index contributed by atoms with van der Waals surface area (Å²) in [6.07, 6.45) is 1.00. The van der Waals surface area contributed by atoms with E-state index < -0.39 is 0 Å². The van der Waals surface area contributed by atoms with Gasteiger partial charge in [0.15, 0.2) is 0 Å². The van der Waals surface area contributed by atoms with E-state index in [1.165, 1.54) is 16.0 Å². The highest BCUT2D eigenvalue weighted by Crippen LogP contribution is 2.19. The lowest BCUT2D eigenvalue weighted by Crippen LogP contribution is -1.90. The molecule has 2 aromatic rings. The quantitative estimate of drug-likeness (QED) is 0.795. The molecule has 2 aromatic carbocycles. The van der Waals surface area contributed by atoms with Crippen LogP contribution in [0.4, 0.5) is 5.69 Å². The molecule has 0 saturated carbocycles. The van der Waals surface area contributed by atoms with E-state index in [2.05, 4.69) is 60.8 Å². The highest BCUT2D eigenvalue weighted by atomic mass is 32.2. The van der Waals surface area contributed by atoms with Crippen LogP contribution < -0.4 is 5.32 Å². The van der Waals surface area contributed by atoms with Crippen LogP contribution in [0, 0.1) is 0 Å². The highest BCUT2D eigenvalue weighted by molar-refractivity contribution is 7.99. The Bertz CT molecular complexity index is 473. The fourth-order valence-electron chi connectivity index (χ4n) is 1.90. The average Bonchev–Trinajstić information content (AvgIpc) is 2.42. The number of rotatable bonds is 5. The van der Waals surface area contributed by atoms with E-state index >= 15 is 0 Å². The predicted molar refractivity (Wildman–Crippen MR) is 81.6 cm³/mol. The van der Waals surface area contributed by atoms with Gasteiger partial charge in [0.2, 0.25) is 0 Å². The molecular formula is C16H19NS. The number of hydrogen-bond acceptors (Lipinski definition) is 2. The molecule has 0 fully saturated rings. The maximum Gasteiger partial charge on any atom is 0.0337 e. The maximum atomic E-state index is 3.14. The summed E-state index contributed by atoms with van der Waals surface area (Å²) in [7, 11) is 1.94. The summed E-state index contributed by atoms with van der Waals surface area (Å²) in [6.45, 7) is 2.18. The predicted octanol–water partition coefficient (Wildman–Crippen LogP) is 4.43. The number of benzene rings is 2. The summed E-state index contributed by atoms with van der Waals surface area (Å²) >= 11 is 1.89. The molecule has 0 heterocycles. The van der Waals surface area contributed by atoms with Gasteiger partial charge in [-0.3, -0.25) is 0 Å². The van der Waals surface area contributed by atoms with Gasteiger partial charge >= 0.3 is 0 Å². The van der Waals surface area contributed by atoms with Crippen LogP contribution >= 0.6 is 11.8 Å². The third-order valence-corrected chi connectivity index (χ3v) is 3.78. The molecule has 0 amide bonds. The molecule has 1 N–H and O–H groups in total. The average molecular weight is 257 g/mol. The SMILES string of the molecule is CCSc1ccc(Cc2ccc(NC)cc2)cc1. The summed E-state index contributed by atoms with van der Waals surface area (Å²) in [5.74, 6) is 1.13. The van der Waals surface area contributed by atoms with E-state index in [4.69, 9.17) is 0 Å².